The summed E-state index contributed by atoms with van der Waals surface area (Å²) >= 11 is 0. The third-order valence-electron chi connectivity index (χ3n) is 16.8. The lowest BCUT2D eigenvalue weighted by Crippen LogP contribution is -2.44. The number of terminal acetylenes is 3. The van der Waals surface area contributed by atoms with Gasteiger partial charge in [0, 0.05) is 44.9 Å². The highest BCUT2D eigenvalue weighted by atomic mass is 19.1. The molecule has 3 aliphatic rings. The summed E-state index contributed by atoms with van der Waals surface area (Å²) < 4.78 is 78.9. The molecule has 9 atom stereocenters. The number of nitrogen functional groups attached to an aromatic ring is 3. The minimum Gasteiger partial charge on any atom is -0.458 e. The van der Waals surface area contributed by atoms with Gasteiger partial charge in [-0.1, -0.05) is 136 Å². The van der Waals surface area contributed by atoms with E-state index in [0.717, 1.165) is 96.3 Å². The van der Waals surface area contributed by atoms with Crippen LogP contribution in [0.4, 0.5) is 30.6 Å². The molecule has 0 radical (unpaired) electrons. The fraction of sp³-hybridized carbons (Fsp3) is 0.621. The maximum absolute atomic E-state index is 13.7. The van der Waals surface area contributed by atoms with Crippen LogP contribution in [0.2, 0.25) is 0 Å². The van der Waals surface area contributed by atoms with E-state index in [2.05, 4.69) is 90.3 Å². The highest BCUT2D eigenvalue weighted by Crippen LogP contribution is 2.44. The van der Waals surface area contributed by atoms with Crippen LogP contribution in [0.1, 0.15) is 221 Å². The number of imidazole rings is 3. The molecule has 0 aliphatic carbocycles. The van der Waals surface area contributed by atoms with Crippen LogP contribution in [0.25, 0.3) is 33.5 Å². The number of nitrogens with two attached hydrogens (primary N) is 3. The number of aliphatic hydroxyl groups excluding tert-OH is 2. The molecular weight excluding hydrogens is 1250 g/mol. The third kappa shape index (κ3) is 19.3. The standard InChI is InChI=1S/C20H26FN5O3.C19H24FN5O4.C14H26O3.C13H14FN5O2/c1-4-7-8-9-10-15(27)28-13-11-14(29-20(13,5-2)6-3)26-12-23-16-17(22)24-19(21)25-18(16)26;1-3-5-6-7-8-14(27)28-12-9-13(29-19(12,4-2)10-26)25-11-22-15-16(21)23-18(20)24-17(15)25;1-3-5-7-9-11-13(15)17-14(16)12-10-8-6-4-2;1-3-13(4-2)7(20)5-8(21-13)19-6-16-9-10(15)17-12(14)18-11(9)19/h2,12-14H,4,6-11H2,1,3H3,(H2,22,24,25);2,11-13,26H,3,5-10H2,1H3,(H2,21,23,24);3-12H2,1-2H3;1,6-8,20H,4-5H2,2H3,(H2,15,17,18)/t13-,14+,20+;12-,13+,19+;;7-,8+,13+/m00.0/s1. The Balaban J connectivity index is 0.000000207. The first-order valence-electron chi connectivity index (χ1n) is 32.9. The first-order chi connectivity index (χ1) is 46.1. The zero-order chi connectivity index (χ0) is 70.2. The second-order valence-corrected chi connectivity index (χ2v) is 23.6. The lowest BCUT2D eigenvalue weighted by atomic mass is 9.94. The van der Waals surface area contributed by atoms with Gasteiger partial charge < -0.3 is 55.8 Å². The molecule has 0 aromatic carbocycles. The molecule has 0 amide bonds. The molecule has 3 aliphatic heterocycles. The number of rotatable bonds is 28. The monoisotopic (exact) mass is 1340 g/mol. The zero-order valence-corrected chi connectivity index (χ0v) is 55.5. The first kappa shape index (κ1) is 76.4. The molecule has 0 bridgehead atoms. The van der Waals surface area contributed by atoms with Gasteiger partial charge in [0.2, 0.25) is 0 Å². The molecule has 3 saturated heterocycles. The maximum Gasteiger partial charge on any atom is 0.313 e. The molecule has 522 valence electrons. The SMILES string of the molecule is C#C[C@]1(CC)O[C@@H](n2cnc3c(N)nc(F)nc32)C[C@@H]1O.C#C[C@]1(CC)O[C@@H](n2cnc3c(N)nc(F)nc32)C[C@@H]1OC(=O)CCCCCC.C#C[C@]1(CO)O[C@@H](n2cnc3c(N)nc(F)nc32)C[C@@H]1OC(=O)CCCCCC.CCCCCCC(=O)OC(=O)CCCCCC. The smallest absolute Gasteiger partial charge is 0.313 e. The minimum atomic E-state index is -1.52. The molecule has 3 fully saturated rings. The lowest BCUT2D eigenvalue weighted by molar-refractivity contribution is -0.160. The Hall–Kier alpha value is -8.60. The van der Waals surface area contributed by atoms with Gasteiger partial charge in [0.15, 0.2) is 67.7 Å². The fourth-order valence-electron chi connectivity index (χ4n) is 11.2. The van der Waals surface area contributed by atoms with Crippen molar-refractivity contribution in [1.82, 2.24) is 58.6 Å². The second-order valence-electron chi connectivity index (χ2n) is 23.6. The Kier molecular flexibility index (Phi) is 29.1. The van der Waals surface area contributed by atoms with Crippen molar-refractivity contribution in [2.45, 2.75) is 256 Å². The van der Waals surface area contributed by atoms with E-state index in [0.29, 0.717) is 44.9 Å². The van der Waals surface area contributed by atoms with Crippen molar-refractivity contribution in [1.29, 1.82) is 0 Å². The Labute approximate surface area is 556 Å². The van der Waals surface area contributed by atoms with Gasteiger partial charge in [0.25, 0.3) is 0 Å². The summed E-state index contributed by atoms with van der Waals surface area (Å²) in [5.74, 6) is 5.93. The molecule has 96 heavy (non-hydrogen) atoms. The summed E-state index contributed by atoms with van der Waals surface area (Å²) in [5, 5.41) is 20.0. The van der Waals surface area contributed by atoms with Gasteiger partial charge in [0.1, 0.15) is 30.9 Å². The fourth-order valence-corrected chi connectivity index (χ4v) is 11.2. The van der Waals surface area contributed by atoms with Crippen molar-refractivity contribution in [3.05, 3.63) is 37.2 Å². The normalized spacial score (nSPS) is 22.6. The van der Waals surface area contributed by atoms with Gasteiger partial charge in [-0.3, -0.25) is 32.9 Å². The lowest BCUT2D eigenvalue weighted by Gasteiger charge is -2.27. The van der Waals surface area contributed by atoms with Gasteiger partial charge in [-0.05, 0) is 38.5 Å². The summed E-state index contributed by atoms with van der Waals surface area (Å²) in [7, 11) is 0. The van der Waals surface area contributed by atoms with Crippen LogP contribution in [-0.4, -0.2) is 134 Å². The van der Waals surface area contributed by atoms with Crippen molar-refractivity contribution in [2.24, 2.45) is 0 Å². The van der Waals surface area contributed by atoms with Crippen LogP contribution in [0.3, 0.4) is 0 Å². The maximum atomic E-state index is 13.7. The summed E-state index contributed by atoms with van der Waals surface area (Å²) in [5.41, 5.74) is 14.7. The number of hydrogen-bond donors (Lipinski definition) is 5. The number of hydrogen-bond acceptors (Lipinski definition) is 24. The second kappa shape index (κ2) is 36.5. The predicted octanol–water partition coefficient (Wildman–Crippen LogP) is 9.45. The van der Waals surface area contributed by atoms with E-state index in [4.69, 9.17) is 64.9 Å². The molecule has 30 heteroatoms. The van der Waals surface area contributed by atoms with E-state index in [9.17, 15) is 42.6 Å². The average molecular weight is 1340 g/mol. The predicted molar refractivity (Wildman–Crippen MR) is 348 cm³/mol. The zero-order valence-electron chi connectivity index (χ0n) is 55.5. The number of fused-ring (bicyclic) bond motifs is 3. The molecule has 27 nitrogen and oxygen atoms in total. The van der Waals surface area contributed by atoms with Crippen LogP contribution in [0.5, 0.6) is 0 Å². The van der Waals surface area contributed by atoms with Gasteiger partial charge in [-0.2, -0.15) is 43.1 Å². The van der Waals surface area contributed by atoms with E-state index in [1.165, 1.54) is 28.1 Å². The van der Waals surface area contributed by atoms with Crippen LogP contribution in [0, 0.1) is 55.3 Å². The van der Waals surface area contributed by atoms with Crippen LogP contribution in [-0.2, 0) is 47.6 Å². The van der Waals surface area contributed by atoms with Gasteiger partial charge in [0.05, 0.1) is 31.7 Å². The molecule has 0 saturated carbocycles. The van der Waals surface area contributed by atoms with Crippen molar-refractivity contribution >= 4 is 74.8 Å². The average Bonchev–Trinajstić information content (AvgIpc) is 1.64. The van der Waals surface area contributed by atoms with E-state index in [1.54, 1.807) is 4.57 Å². The number of unbranched alkanes of at least 4 members (excludes halogenated alkanes) is 12. The number of carbonyl (C=O) groups excluding carboxylic acids is 4. The Morgan fingerprint density at radius 1 is 0.500 bits per heavy atom. The van der Waals surface area contributed by atoms with Crippen LogP contribution < -0.4 is 17.2 Å². The summed E-state index contributed by atoms with van der Waals surface area (Å²) in [6.45, 7) is 11.6. The summed E-state index contributed by atoms with van der Waals surface area (Å²) in [6, 6.07) is 0. The number of ether oxygens (including phenoxy) is 6. The van der Waals surface area contributed by atoms with Gasteiger partial charge >= 0.3 is 42.1 Å². The summed E-state index contributed by atoms with van der Waals surface area (Å²) in [6.07, 6.45) is 32.8. The molecule has 9 heterocycles. The largest absolute Gasteiger partial charge is 0.458 e. The number of aromatic nitrogens is 12. The summed E-state index contributed by atoms with van der Waals surface area (Å²) in [4.78, 5) is 80.9. The highest BCUT2D eigenvalue weighted by Gasteiger charge is 2.52. The number of nitrogens with zero attached hydrogens (tertiary/aromatic N) is 12. The Bertz CT molecular complexity index is 3530. The third-order valence-corrected chi connectivity index (χ3v) is 16.8. The molecule has 6 aromatic rings. The van der Waals surface area contributed by atoms with E-state index < -0.39 is 84.6 Å². The highest BCUT2D eigenvalue weighted by molar-refractivity contribution is 5.85. The molecule has 0 unspecified atom stereocenters. The quantitative estimate of drug-likeness (QED) is 0.00762. The van der Waals surface area contributed by atoms with Crippen molar-refractivity contribution < 1.29 is 71.0 Å². The van der Waals surface area contributed by atoms with Crippen molar-refractivity contribution in [3.63, 3.8) is 0 Å². The molecule has 9 rings (SSSR count). The topological polar surface area (TPSA) is 373 Å². The van der Waals surface area contributed by atoms with Gasteiger partial charge in [-0.15, -0.1) is 19.3 Å². The first-order valence-corrected chi connectivity index (χ1v) is 32.9. The number of carbonyl (C=O) groups is 4. The van der Waals surface area contributed by atoms with E-state index in [-0.39, 0.29) is 88.1 Å². The molecular formula is C66H90F3N15O12. The Morgan fingerprint density at radius 2 is 0.812 bits per heavy atom. The van der Waals surface area contributed by atoms with E-state index >= 15 is 0 Å². The van der Waals surface area contributed by atoms with Crippen molar-refractivity contribution in [3.8, 4) is 37.0 Å². The number of halogens is 3. The number of aliphatic hydroxyl groups is 2. The minimum absolute atomic E-state index is 0.0477. The van der Waals surface area contributed by atoms with E-state index in [1.807, 2.05) is 13.8 Å². The number of anilines is 3. The van der Waals surface area contributed by atoms with Crippen LogP contribution in [0.15, 0.2) is 19.0 Å². The molecule has 8 N–H and O–H groups in total. The van der Waals surface area contributed by atoms with Crippen LogP contribution >= 0.6 is 0 Å². The van der Waals surface area contributed by atoms with Crippen molar-refractivity contribution in [2.75, 3.05) is 23.8 Å². The number of esters is 4. The molecule has 0 spiro atoms. The van der Waals surface area contributed by atoms with Gasteiger partial charge in [-0.25, -0.2) is 15.0 Å². The Morgan fingerprint density at radius 3 is 1.12 bits per heavy atom. The molecule has 6 aromatic heterocycles.